The maximum atomic E-state index is 13.4. The Morgan fingerprint density at radius 3 is 2.29 bits per heavy atom. The van der Waals surface area contributed by atoms with Gasteiger partial charge >= 0.3 is 6.09 Å². The highest BCUT2D eigenvalue weighted by Gasteiger charge is 2.37. The number of amides is 3. The molecule has 11 heteroatoms. The molecule has 45 heavy (non-hydrogen) atoms. The lowest BCUT2D eigenvalue weighted by atomic mass is 9.76. The molecule has 5 rings (SSSR count). The summed E-state index contributed by atoms with van der Waals surface area (Å²) >= 11 is 13.9. The third kappa shape index (κ3) is 8.80. The number of benzene rings is 1. The molecule has 2 saturated heterocycles. The Balaban J connectivity index is 1.12. The van der Waals surface area contributed by atoms with Crippen molar-refractivity contribution in [3.63, 3.8) is 0 Å². The van der Waals surface area contributed by atoms with Crippen molar-refractivity contribution >= 4 is 61.4 Å². The first-order valence-corrected chi connectivity index (χ1v) is 18.0. The lowest BCUT2D eigenvalue weighted by Gasteiger charge is -2.38. The number of piperidine rings is 2. The van der Waals surface area contributed by atoms with E-state index in [1.807, 2.05) is 42.8 Å². The normalized spacial score (nSPS) is 19.4. The van der Waals surface area contributed by atoms with Gasteiger partial charge in [0, 0.05) is 64.2 Å². The minimum absolute atomic E-state index is 0.0113. The van der Waals surface area contributed by atoms with E-state index in [1.165, 1.54) is 16.7 Å². The molecular formula is C34H43Br2ClN4O4. The Hall–Kier alpha value is -2.17. The van der Waals surface area contributed by atoms with Gasteiger partial charge < -0.3 is 19.9 Å². The van der Waals surface area contributed by atoms with Gasteiger partial charge in [-0.1, -0.05) is 27.5 Å². The molecule has 1 aromatic heterocycles. The summed E-state index contributed by atoms with van der Waals surface area (Å²) in [6.45, 7) is 8.44. The summed E-state index contributed by atoms with van der Waals surface area (Å²) in [4.78, 5) is 46.7. The fourth-order valence-electron chi connectivity index (χ4n) is 7.01. The smallest absolute Gasteiger partial charge is 0.407 e. The zero-order chi connectivity index (χ0) is 32.3. The number of fused-ring (bicyclic) bond motifs is 2. The van der Waals surface area contributed by atoms with Crippen molar-refractivity contribution in [2.75, 3.05) is 32.8 Å². The number of nitrogens with one attached hydrogen (secondary N) is 1. The Labute approximate surface area is 288 Å². The molecule has 1 N–H and O–H groups in total. The van der Waals surface area contributed by atoms with E-state index in [1.54, 1.807) is 0 Å². The quantitative estimate of drug-likeness (QED) is 0.334. The van der Waals surface area contributed by atoms with Crippen molar-refractivity contribution in [3.05, 3.63) is 60.7 Å². The molecule has 3 amide bonds. The van der Waals surface area contributed by atoms with Crippen LogP contribution in [0.25, 0.3) is 0 Å². The molecular weight excluding hydrogens is 724 g/mol. The summed E-state index contributed by atoms with van der Waals surface area (Å²) in [5.41, 5.74) is 4.60. The highest BCUT2D eigenvalue weighted by Crippen LogP contribution is 2.46. The van der Waals surface area contributed by atoms with Gasteiger partial charge in [-0.3, -0.25) is 14.6 Å². The van der Waals surface area contributed by atoms with Crippen LogP contribution in [0.4, 0.5) is 4.79 Å². The van der Waals surface area contributed by atoms with E-state index in [9.17, 15) is 14.4 Å². The molecule has 1 aliphatic carbocycles. The fraction of sp³-hybridized carbons (Fsp3) is 0.588. The van der Waals surface area contributed by atoms with Crippen LogP contribution in [0.3, 0.4) is 0 Å². The van der Waals surface area contributed by atoms with Crippen molar-refractivity contribution in [1.29, 1.82) is 0 Å². The highest BCUT2D eigenvalue weighted by atomic mass is 79.9. The van der Waals surface area contributed by atoms with E-state index >= 15 is 0 Å². The predicted octanol–water partition coefficient (Wildman–Crippen LogP) is 7.27. The number of rotatable bonds is 6. The number of hydrogen-bond donors (Lipinski definition) is 1. The molecule has 1 aromatic carbocycles. The van der Waals surface area contributed by atoms with Crippen LogP contribution in [-0.2, 0) is 27.2 Å². The highest BCUT2D eigenvalue weighted by molar-refractivity contribution is 9.10. The third-order valence-corrected chi connectivity index (χ3v) is 10.5. The molecule has 0 bridgehead atoms. The van der Waals surface area contributed by atoms with Crippen LogP contribution in [0.2, 0.25) is 5.02 Å². The van der Waals surface area contributed by atoms with Gasteiger partial charge in [0.1, 0.15) is 6.61 Å². The zero-order valence-electron chi connectivity index (χ0n) is 26.3. The van der Waals surface area contributed by atoms with Gasteiger partial charge in [-0.25, -0.2) is 4.79 Å². The second kappa shape index (κ2) is 14.7. The number of aromatic nitrogens is 1. The number of pyridine rings is 1. The number of ether oxygens (including phenoxy) is 1. The van der Waals surface area contributed by atoms with E-state index in [-0.39, 0.29) is 42.2 Å². The third-order valence-electron chi connectivity index (χ3n) is 9.24. The summed E-state index contributed by atoms with van der Waals surface area (Å²) < 4.78 is 7.19. The van der Waals surface area contributed by atoms with Crippen LogP contribution in [-0.4, -0.2) is 71.0 Å². The second-order valence-electron chi connectivity index (χ2n) is 13.6. The van der Waals surface area contributed by atoms with Gasteiger partial charge in [0.05, 0.1) is 12.1 Å². The van der Waals surface area contributed by atoms with E-state index in [4.69, 9.17) is 21.3 Å². The molecule has 2 fully saturated rings. The molecule has 2 aliphatic heterocycles. The van der Waals surface area contributed by atoms with Crippen LogP contribution in [0.1, 0.15) is 87.6 Å². The number of likely N-dealkylation sites (tertiary alicyclic amines) is 2. The topological polar surface area (TPSA) is 91.8 Å². The molecule has 8 nitrogen and oxygen atoms in total. The second-order valence-corrected chi connectivity index (χ2v) is 15.8. The van der Waals surface area contributed by atoms with Crippen LogP contribution >= 0.6 is 43.5 Å². The van der Waals surface area contributed by atoms with Crippen LogP contribution in [0, 0.1) is 11.8 Å². The van der Waals surface area contributed by atoms with E-state index in [0.717, 1.165) is 71.3 Å². The summed E-state index contributed by atoms with van der Waals surface area (Å²) in [7, 11) is 0. The van der Waals surface area contributed by atoms with Crippen molar-refractivity contribution < 1.29 is 19.1 Å². The van der Waals surface area contributed by atoms with E-state index in [2.05, 4.69) is 49.3 Å². The first-order chi connectivity index (χ1) is 21.4. The number of hydrogen-bond acceptors (Lipinski definition) is 5. The lowest BCUT2D eigenvalue weighted by molar-refractivity contribution is -0.135. The molecule has 3 heterocycles. The SMILES string of the molecule is CC(C)(C)NC(=O)OCCC(=O)N1CCC(CC(=O)N2CCC(C3c4ncc(Br)cc4CCc4cc(Cl)cc(Br)c43)CC2)CC1. The molecule has 1 atom stereocenters. The number of halogens is 3. The standard InChI is InChI=1S/C34H43Br2ClN4O4/c1-34(2,3)39-33(44)45-15-10-28(42)40-11-6-21(7-12-40)16-29(43)41-13-8-22(9-14-41)31-30-23(18-26(37)19-27(30)36)4-5-24-17-25(35)20-38-32(24)31/h17-22,31H,4-16H2,1-3H3,(H,39,44). The van der Waals surface area contributed by atoms with Gasteiger partial charge in [-0.2, -0.15) is 0 Å². The summed E-state index contributed by atoms with van der Waals surface area (Å²) in [6, 6.07) is 6.30. The number of carbonyl (C=O) groups is 3. The lowest BCUT2D eigenvalue weighted by Crippen LogP contribution is -2.43. The van der Waals surface area contributed by atoms with Gasteiger partial charge in [0.2, 0.25) is 11.8 Å². The average Bonchev–Trinajstić information content (AvgIpc) is 3.13. The van der Waals surface area contributed by atoms with Crippen molar-refractivity contribution in [2.45, 2.75) is 83.6 Å². The number of nitrogens with zero attached hydrogens (tertiary/aromatic N) is 3. The summed E-state index contributed by atoms with van der Waals surface area (Å²) in [5.74, 6) is 0.997. The monoisotopic (exact) mass is 764 g/mol. The Morgan fingerprint density at radius 2 is 1.60 bits per heavy atom. The van der Waals surface area contributed by atoms with Crippen LogP contribution in [0.5, 0.6) is 0 Å². The number of aryl methyl sites for hydroxylation is 2. The van der Waals surface area contributed by atoms with Gasteiger partial charge in [-0.15, -0.1) is 0 Å². The molecule has 0 saturated carbocycles. The molecule has 0 radical (unpaired) electrons. The largest absolute Gasteiger partial charge is 0.449 e. The maximum absolute atomic E-state index is 13.4. The number of alkyl carbamates (subject to hydrolysis) is 1. The van der Waals surface area contributed by atoms with Crippen LogP contribution < -0.4 is 5.32 Å². The minimum atomic E-state index is -0.511. The van der Waals surface area contributed by atoms with Crippen molar-refractivity contribution in [3.8, 4) is 0 Å². The van der Waals surface area contributed by atoms with Gasteiger partial charge in [0.25, 0.3) is 0 Å². The minimum Gasteiger partial charge on any atom is -0.449 e. The Morgan fingerprint density at radius 1 is 0.956 bits per heavy atom. The average molecular weight is 767 g/mol. The maximum Gasteiger partial charge on any atom is 0.407 e. The van der Waals surface area contributed by atoms with Crippen molar-refractivity contribution in [1.82, 2.24) is 20.1 Å². The molecule has 244 valence electrons. The van der Waals surface area contributed by atoms with Gasteiger partial charge in [0.15, 0.2) is 0 Å². The first kappa shape index (κ1) is 34.2. The van der Waals surface area contributed by atoms with E-state index in [0.29, 0.717) is 25.4 Å². The van der Waals surface area contributed by atoms with E-state index < -0.39 is 6.09 Å². The number of carbonyl (C=O) groups excluding carboxylic acids is 3. The molecule has 1 unspecified atom stereocenters. The molecule has 2 aromatic rings. The Kier molecular flexibility index (Phi) is 11.2. The Bertz CT molecular complexity index is 1420. The van der Waals surface area contributed by atoms with Gasteiger partial charge in [-0.05, 0) is 122 Å². The predicted molar refractivity (Wildman–Crippen MR) is 182 cm³/mol. The molecule has 3 aliphatic rings. The van der Waals surface area contributed by atoms with Crippen molar-refractivity contribution in [2.24, 2.45) is 11.8 Å². The fourth-order valence-corrected chi connectivity index (χ4v) is 8.51. The summed E-state index contributed by atoms with van der Waals surface area (Å²) in [5, 5.41) is 3.47. The molecule has 0 spiro atoms. The van der Waals surface area contributed by atoms with Crippen LogP contribution in [0.15, 0.2) is 33.3 Å². The first-order valence-electron chi connectivity index (χ1n) is 16.0. The summed E-state index contributed by atoms with van der Waals surface area (Å²) in [6.07, 6.45) is 7.39. The zero-order valence-corrected chi connectivity index (χ0v) is 30.3.